The van der Waals surface area contributed by atoms with E-state index < -0.39 is 0 Å². The molecule has 0 heterocycles. The molecule has 1 N–H and O–H groups in total. The smallest absolute Gasteiger partial charge is 0.240 e. The van der Waals surface area contributed by atoms with Crippen LogP contribution in [-0.2, 0) is 4.79 Å². The topological polar surface area (TPSA) is 50.7 Å². The molecule has 4 nitrogen and oxygen atoms in total. The fourth-order valence-corrected chi connectivity index (χ4v) is 3.47. The molecule has 0 unspecified atom stereocenters. The van der Waals surface area contributed by atoms with Crippen molar-refractivity contribution in [3.05, 3.63) is 57.5 Å². The summed E-state index contributed by atoms with van der Waals surface area (Å²) in [5, 5.41) is 4.86. The highest BCUT2D eigenvalue weighted by molar-refractivity contribution is 9.10. The Kier molecular flexibility index (Phi) is 7.81. The van der Waals surface area contributed by atoms with Crippen molar-refractivity contribution in [1.82, 2.24) is 5.43 Å². The minimum Gasteiger partial charge on any atom is -0.496 e. The number of hydrazone groups is 1. The average Bonchev–Trinajstić information content (AvgIpc) is 2.61. The minimum absolute atomic E-state index is 0.117. The first-order valence-electron chi connectivity index (χ1n) is 7.55. The molecular formula is C18H18BrClN2O2S. The van der Waals surface area contributed by atoms with Crippen LogP contribution in [-0.4, -0.2) is 24.5 Å². The number of carbonyl (C=O) groups is 1. The number of hydrogen-bond donors (Lipinski definition) is 1. The van der Waals surface area contributed by atoms with Crippen molar-refractivity contribution >= 4 is 50.9 Å². The van der Waals surface area contributed by atoms with Crippen molar-refractivity contribution in [1.29, 1.82) is 0 Å². The molecule has 2 aromatic rings. The fraction of sp³-hybridized carbons (Fsp3) is 0.222. The number of halogens is 2. The quantitative estimate of drug-likeness (QED) is 0.368. The molecule has 2 rings (SSSR count). The van der Waals surface area contributed by atoms with Crippen LogP contribution in [0.25, 0.3) is 0 Å². The third-order valence-electron chi connectivity index (χ3n) is 3.33. The van der Waals surface area contributed by atoms with Crippen LogP contribution in [0.2, 0.25) is 5.02 Å². The van der Waals surface area contributed by atoms with Gasteiger partial charge in [-0.05, 0) is 70.9 Å². The first-order chi connectivity index (χ1) is 12.0. The van der Waals surface area contributed by atoms with E-state index in [9.17, 15) is 4.79 Å². The van der Waals surface area contributed by atoms with E-state index >= 15 is 0 Å². The van der Waals surface area contributed by atoms with Gasteiger partial charge in [0.15, 0.2) is 0 Å². The standard InChI is InChI=1S/C18H18BrClN2O2S/c1-12(13-3-8-17(24-2)16(19)11-13)21-22-18(23)9-10-25-15-6-4-14(20)5-7-15/h3-8,11H,9-10H2,1-2H3,(H,22,23)/b21-12-. The molecule has 132 valence electrons. The summed E-state index contributed by atoms with van der Waals surface area (Å²) in [5.41, 5.74) is 4.22. The minimum atomic E-state index is -0.117. The number of benzene rings is 2. The van der Waals surface area contributed by atoms with Crippen LogP contribution in [0.3, 0.4) is 0 Å². The number of ether oxygens (including phenoxy) is 1. The summed E-state index contributed by atoms with van der Waals surface area (Å²) >= 11 is 10.9. The van der Waals surface area contributed by atoms with Crippen molar-refractivity contribution in [3.8, 4) is 5.75 Å². The van der Waals surface area contributed by atoms with E-state index in [-0.39, 0.29) is 5.91 Å². The first kappa shape index (κ1) is 19.8. The van der Waals surface area contributed by atoms with Gasteiger partial charge >= 0.3 is 0 Å². The van der Waals surface area contributed by atoms with Gasteiger partial charge in [-0.15, -0.1) is 11.8 Å². The highest BCUT2D eigenvalue weighted by Gasteiger charge is 2.05. The van der Waals surface area contributed by atoms with Crippen molar-refractivity contribution < 1.29 is 9.53 Å². The lowest BCUT2D eigenvalue weighted by molar-refractivity contribution is -0.120. The van der Waals surface area contributed by atoms with Gasteiger partial charge in [0.25, 0.3) is 0 Å². The number of nitrogens with one attached hydrogen (secondary N) is 1. The van der Waals surface area contributed by atoms with Crippen LogP contribution in [0.1, 0.15) is 18.9 Å². The number of thioether (sulfide) groups is 1. The van der Waals surface area contributed by atoms with Crippen LogP contribution < -0.4 is 10.2 Å². The molecule has 0 saturated carbocycles. The molecule has 0 aliphatic heterocycles. The molecule has 0 spiro atoms. The van der Waals surface area contributed by atoms with Gasteiger partial charge in [-0.2, -0.15) is 5.10 Å². The highest BCUT2D eigenvalue weighted by Crippen LogP contribution is 2.25. The molecule has 0 aliphatic carbocycles. The van der Waals surface area contributed by atoms with E-state index in [4.69, 9.17) is 16.3 Å². The molecule has 0 radical (unpaired) electrons. The summed E-state index contributed by atoms with van der Waals surface area (Å²) in [6.45, 7) is 1.84. The summed E-state index contributed by atoms with van der Waals surface area (Å²) in [5.74, 6) is 1.31. The molecule has 0 aliphatic rings. The second-order valence-corrected chi connectivity index (χ2v) is 7.59. The normalized spacial score (nSPS) is 11.3. The summed E-state index contributed by atoms with van der Waals surface area (Å²) < 4.78 is 6.04. The van der Waals surface area contributed by atoms with Crippen LogP contribution >= 0.6 is 39.3 Å². The molecule has 0 atom stereocenters. The Morgan fingerprint density at radius 3 is 2.64 bits per heavy atom. The Morgan fingerprint density at radius 1 is 1.28 bits per heavy atom. The molecule has 7 heteroatoms. The second-order valence-electron chi connectivity index (χ2n) is 5.13. The Balaban J connectivity index is 1.82. The number of amides is 1. The van der Waals surface area contributed by atoms with Crippen molar-refractivity contribution in [2.24, 2.45) is 5.10 Å². The third kappa shape index (κ3) is 6.38. The molecule has 1 amide bonds. The molecule has 0 fully saturated rings. The summed E-state index contributed by atoms with van der Waals surface area (Å²) in [7, 11) is 1.61. The van der Waals surface area contributed by atoms with Gasteiger partial charge in [-0.1, -0.05) is 11.6 Å². The predicted molar refractivity (Wildman–Crippen MR) is 108 cm³/mol. The number of nitrogens with zero attached hydrogens (tertiary/aromatic N) is 1. The average molecular weight is 442 g/mol. The van der Waals surface area contributed by atoms with Gasteiger partial charge in [0.2, 0.25) is 5.91 Å². The summed E-state index contributed by atoms with van der Waals surface area (Å²) in [4.78, 5) is 13.0. The number of methoxy groups -OCH3 is 1. The van der Waals surface area contributed by atoms with Crippen LogP contribution in [0.5, 0.6) is 5.75 Å². The SMILES string of the molecule is COc1ccc(/C(C)=N\NC(=O)CCSc2ccc(Cl)cc2)cc1Br. The largest absolute Gasteiger partial charge is 0.496 e. The zero-order valence-electron chi connectivity index (χ0n) is 13.9. The Hall–Kier alpha value is -1.50. The van der Waals surface area contributed by atoms with Gasteiger partial charge in [0.05, 0.1) is 17.3 Å². The molecule has 25 heavy (non-hydrogen) atoms. The number of carbonyl (C=O) groups excluding carboxylic acids is 1. The third-order valence-corrected chi connectivity index (χ3v) is 5.21. The number of rotatable bonds is 7. The maximum Gasteiger partial charge on any atom is 0.240 e. The van der Waals surface area contributed by atoms with Crippen molar-refractivity contribution in [2.45, 2.75) is 18.2 Å². The number of hydrogen-bond acceptors (Lipinski definition) is 4. The van der Waals surface area contributed by atoms with Gasteiger partial charge < -0.3 is 4.74 Å². The Bertz CT molecular complexity index is 766. The molecule has 2 aromatic carbocycles. The predicted octanol–water partition coefficient (Wildman–Crippen LogP) is 5.13. The lowest BCUT2D eigenvalue weighted by Gasteiger charge is -2.07. The van der Waals surface area contributed by atoms with E-state index in [1.54, 1.807) is 18.9 Å². The first-order valence-corrected chi connectivity index (χ1v) is 9.70. The van der Waals surface area contributed by atoms with Crippen LogP contribution in [0.15, 0.2) is 56.9 Å². The highest BCUT2D eigenvalue weighted by atomic mass is 79.9. The lowest BCUT2D eigenvalue weighted by Crippen LogP contribution is -2.19. The van der Waals surface area contributed by atoms with Crippen molar-refractivity contribution in [3.63, 3.8) is 0 Å². The maximum absolute atomic E-state index is 11.9. The zero-order valence-corrected chi connectivity index (χ0v) is 17.0. The van der Waals surface area contributed by atoms with Gasteiger partial charge in [-0.3, -0.25) is 4.79 Å². The molecule has 0 saturated heterocycles. The van der Waals surface area contributed by atoms with Crippen molar-refractivity contribution in [2.75, 3.05) is 12.9 Å². The molecular weight excluding hydrogens is 424 g/mol. The van der Waals surface area contributed by atoms with E-state index in [1.165, 1.54) is 0 Å². The second kappa shape index (κ2) is 9.85. The van der Waals surface area contributed by atoms with Gasteiger partial charge in [0.1, 0.15) is 5.75 Å². The van der Waals surface area contributed by atoms with E-state index in [2.05, 4.69) is 26.5 Å². The van der Waals surface area contributed by atoms with E-state index in [0.717, 1.165) is 26.4 Å². The van der Waals surface area contributed by atoms with Crippen LogP contribution in [0, 0.1) is 0 Å². The summed E-state index contributed by atoms with van der Waals surface area (Å²) in [6, 6.07) is 13.2. The fourth-order valence-electron chi connectivity index (χ4n) is 1.95. The van der Waals surface area contributed by atoms with Gasteiger partial charge in [-0.25, -0.2) is 5.43 Å². The lowest BCUT2D eigenvalue weighted by atomic mass is 10.1. The van der Waals surface area contributed by atoms with E-state index in [0.29, 0.717) is 17.2 Å². The summed E-state index contributed by atoms with van der Waals surface area (Å²) in [6.07, 6.45) is 0.385. The maximum atomic E-state index is 11.9. The van der Waals surface area contributed by atoms with Gasteiger partial charge in [0, 0.05) is 22.1 Å². The van der Waals surface area contributed by atoms with E-state index in [1.807, 2.05) is 49.4 Å². The molecule has 0 bridgehead atoms. The Morgan fingerprint density at radius 2 is 2.00 bits per heavy atom. The van der Waals surface area contributed by atoms with Crippen LogP contribution in [0.4, 0.5) is 0 Å². The monoisotopic (exact) mass is 440 g/mol. The zero-order chi connectivity index (χ0) is 18.2. The Labute approximate surface area is 165 Å². The molecule has 0 aromatic heterocycles.